The van der Waals surface area contributed by atoms with Crippen molar-refractivity contribution >= 4 is 33.0 Å². The molecule has 1 nitrogen and oxygen atoms in total. The lowest BCUT2D eigenvalue weighted by atomic mass is 9.99. The molecule has 1 N–H and O–H groups in total. The zero-order valence-electron chi connectivity index (χ0n) is 11.1. The summed E-state index contributed by atoms with van der Waals surface area (Å²) in [5, 5.41) is 3.59. The van der Waals surface area contributed by atoms with Crippen LogP contribution < -0.4 is 5.32 Å². The fourth-order valence-electron chi connectivity index (χ4n) is 2.63. The van der Waals surface area contributed by atoms with Crippen molar-refractivity contribution in [1.82, 2.24) is 0 Å². The van der Waals surface area contributed by atoms with E-state index in [2.05, 4.69) is 58.5 Å². The molecule has 2 aromatic rings. The van der Waals surface area contributed by atoms with E-state index < -0.39 is 0 Å². The molecule has 0 spiro atoms. The second-order valence-electron chi connectivity index (χ2n) is 5.18. The first-order valence-corrected chi connectivity index (χ1v) is 8.47. The maximum atomic E-state index is 3.59. The van der Waals surface area contributed by atoms with Crippen molar-refractivity contribution in [3.63, 3.8) is 0 Å². The van der Waals surface area contributed by atoms with Gasteiger partial charge in [-0.3, -0.25) is 0 Å². The Labute approximate surface area is 127 Å². The Morgan fingerprint density at radius 1 is 1.21 bits per heavy atom. The molecule has 3 heteroatoms. The summed E-state index contributed by atoms with van der Waals surface area (Å²) in [6, 6.07) is 11.2. The van der Waals surface area contributed by atoms with E-state index in [1.54, 1.807) is 10.4 Å². The molecule has 100 valence electrons. The van der Waals surface area contributed by atoms with Crippen LogP contribution in [0, 0.1) is 0 Å². The SMILES string of the molecule is CC(Nc1cccc(Br)c1)c1cc2c(s1)CCCC2. The van der Waals surface area contributed by atoms with Crippen LogP contribution in [0.3, 0.4) is 0 Å². The molecule has 1 aromatic heterocycles. The quantitative estimate of drug-likeness (QED) is 0.773. The number of anilines is 1. The smallest absolute Gasteiger partial charge is 0.0578 e. The van der Waals surface area contributed by atoms with E-state index in [1.165, 1.54) is 36.2 Å². The van der Waals surface area contributed by atoms with Crippen LogP contribution in [-0.4, -0.2) is 0 Å². The van der Waals surface area contributed by atoms with Crippen molar-refractivity contribution in [2.24, 2.45) is 0 Å². The van der Waals surface area contributed by atoms with Crippen molar-refractivity contribution in [2.45, 2.75) is 38.6 Å². The van der Waals surface area contributed by atoms with Gasteiger partial charge in [0, 0.05) is 19.9 Å². The minimum atomic E-state index is 0.380. The molecule has 19 heavy (non-hydrogen) atoms. The normalized spacial score (nSPS) is 15.9. The average molecular weight is 336 g/mol. The molecule has 0 aliphatic heterocycles. The van der Waals surface area contributed by atoms with E-state index in [-0.39, 0.29) is 0 Å². The van der Waals surface area contributed by atoms with Crippen LogP contribution >= 0.6 is 27.3 Å². The molecule has 0 radical (unpaired) electrons. The molecule has 1 aliphatic rings. The Kier molecular flexibility index (Phi) is 3.94. The summed E-state index contributed by atoms with van der Waals surface area (Å²) in [5.41, 5.74) is 2.77. The number of fused-ring (bicyclic) bond motifs is 1. The lowest BCUT2D eigenvalue weighted by Crippen LogP contribution is -2.04. The van der Waals surface area contributed by atoms with E-state index in [0.29, 0.717) is 6.04 Å². The van der Waals surface area contributed by atoms with Crippen LogP contribution in [0.4, 0.5) is 5.69 Å². The van der Waals surface area contributed by atoms with Crippen LogP contribution in [-0.2, 0) is 12.8 Å². The van der Waals surface area contributed by atoms with Gasteiger partial charge < -0.3 is 5.32 Å². The van der Waals surface area contributed by atoms with Gasteiger partial charge in [0.15, 0.2) is 0 Å². The highest BCUT2D eigenvalue weighted by atomic mass is 79.9. The molecule has 1 unspecified atom stereocenters. The summed E-state index contributed by atoms with van der Waals surface area (Å²) in [4.78, 5) is 3.08. The third-order valence-electron chi connectivity index (χ3n) is 3.65. The lowest BCUT2D eigenvalue weighted by molar-refractivity contribution is 0.696. The second-order valence-corrected chi connectivity index (χ2v) is 7.26. The standard InChI is InChI=1S/C16H18BrNS/c1-11(18-14-7-4-6-13(17)10-14)16-9-12-5-2-3-8-15(12)19-16/h4,6-7,9-11,18H,2-3,5,8H2,1H3. The number of halogens is 1. The van der Waals surface area contributed by atoms with Crippen molar-refractivity contribution in [3.8, 4) is 0 Å². The highest BCUT2D eigenvalue weighted by Gasteiger charge is 2.16. The molecule has 1 aliphatic carbocycles. The second kappa shape index (κ2) is 5.68. The van der Waals surface area contributed by atoms with Crippen molar-refractivity contribution in [3.05, 3.63) is 50.1 Å². The highest BCUT2D eigenvalue weighted by molar-refractivity contribution is 9.10. The zero-order chi connectivity index (χ0) is 13.2. The van der Waals surface area contributed by atoms with Crippen molar-refractivity contribution in [1.29, 1.82) is 0 Å². The molecule has 0 amide bonds. The van der Waals surface area contributed by atoms with Crippen LogP contribution in [0.15, 0.2) is 34.8 Å². The van der Waals surface area contributed by atoms with Crippen LogP contribution in [0.5, 0.6) is 0 Å². The Balaban J connectivity index is 1.76. The van der Waals surface area contributed by atoms with Gasteiger partial charge in [-0.1, -0.05) is 22.0 Å². The fourth-order valence-corrected chi connectivity index (χ4v) is 4.29. The van der Waals surface area contributed by atoms with E-state index >= 15 is 0 Å². The molecule has 1 aromatic carbocycles. The molecular weight excluding hydrogens is 318 g/mol. The zero-order valence-corrected chi connectivity index (χ0v) is 13.5. The fraction of sp³-hybridized carbons (Fsp3) is 0.375. The molecule has 0 bridgehead atoms. The minimum absolute atomic E-state index is 0.380. The summed E-state index contributed by atoms with van der Waals surface area (Å²) in [5.74, 6) is 0. The van der Waals surface area contributed by atoms with Gasteiger partial charge in [0.2, 0.25) is 0 Å². The summed E-state index contributed by atoms with van der Waals surface area (Å²) >= 11 is 5.51. The maximum absolute atomic E-state index is 3.59. The largest absolute Gasteiger partial charge is 0.378 e. The molecule has 0 saturated carbocycles. The summed E-state index contributed by atoms with van der Waals surface area (Å²) in [7, 11) is 0. The first-order chi connectivity index (χ1) is 9.22. The van der Waals surface area contributed by atoms with Gasteiger partial charge in [0.25, 0.3) is 0 Å². The van der Waals surface area contributed by atoms with Gasteiger partial charge in [-0.25, -0.2) is 0 Å². The maximum Gasteiger partial charge on any atom is 0.0578 e. The topological polar surface area (TPSA) is 12.0 Å². The number of benzene rings is 1. The van der Waals surface area contributed by atoms with E-state index in [0.717, 1.165) is 4.47 Å². The third-order valence-corrected chi connectivity index (χ3v) is 5.56. The van der Waals surface area contributed by atoms with E-state index in [9.17, 15) is 0 Å². The lowest BCUT2D eigenvalue weighted by Gasteiger charge is -2.13. The van der Waals surface area contributed by atoms with Gasteiger partial charge in [0.1, 0.15) is 0 Å². The number of hydrogen-bond donors (Lipinski definition) is 1. The van der Waals surface area contributed by atoms with Gasteiger partial charge >= 0.3 is 0 Å². The van der Waals surface area contributed by atoms with Crippen molar-refractivity contribution in [2.75, 3.05) is 5.32 Å². The summed E-state index contributed by atoms with van der Waals surface area (Å²) < 4.78 is 1.12. The van der Waals surface area contributed by atoms with Crippen LogP contribution in [0.1, 0.15) is 41.1 Å². The highest BCUT2D eigenvalue weighted by Crippen LogP contribution is 2.34. The number of hydrogen-bond acceptors (Lipinski definition) is 2. The Bertz CT molecular complexity index is 552. The first-order valence-electron chi connectivity index (χ1n) is 6.86. The third kappa shape index (κ3) is 3.03. The molecule has 0 saturated heterocycles. The molecule has 1 atom stereocenters. The molecule has 1 heterocycles. The van der Waals surface area contributed by atoms with Gasteiger partial charge in [0.05, 0.1) is 6.04 Å². The predicted octanol–water partition coefficient (Wildman–Crippen LogP) is 5.56. The molecule has 0 fully saturated rings. The molecule has 3 rings (SSSR count). The first kappa shape index (κ1) is 13.2. The van der Waals surface area contributed by atoms with Crippen LogP contribution in [0.25, 0.3) is 0 Å². The minimum Gasteiger partial charge on any atom is -0.378 e. The van der Waals surface area contributed by atoms with Gasteiger partial charge in [-0.15, -0.1) is 11.3 Å². The van der Waals surface area contributed by atoms with Crippen LogP contribution in [0.2, 0.25) is 0 Å². The number of thiophene rings is 1. The summed E-state index contributed by atoms with van der Waals surface area (Å²) in [6.45, 7) is 2.25. The monoisotopic (exact) mass is 335 g/mol. The van der Waals surface area contributed by atoms with Gasteiger partial charge in [-0.05, 0) is 62.4 Å². The Hall–Kier alpha value is -0.800. The van der Waals surface area contributed by atoms with E-state index in [1.807, 2.05) is 11.3 Å². The average Bonchev–Trinajstić information content (AvgIpc) is 2.82. The molecular formula is C16H18BrNS. The number of rotatable bonds is 3. The van der Waals surface area contributed by atoms with E-state index in [4.69, 9.17) is 0 Å². The number of aryl methyl sites for hydroxylation is 2. The van der Waals surface area contributed by atoms with Gasteiger partial charge in [-0.2, -0.15) is 0 Å². The summed E-state index contributed by atoms with van der Waals surface area (Å²) in [6.07, 6.45) is 5.27. The Morgan fingerprint density at radius 3 is 2.84 bits per heavy atom. The van der Waals surface area contributed by atoms with Crippen molar-refractivity contribution < 1.29 is 0 Å². The predicted molar refractivity (Wildman–Crippen MR) is 87.1 cm³/mol. The number of nitrogens with one attached hydrogen (secondary N) is 1. The Morgan fingerprint density at radius 2 is 2.05 bits per heavy atom.